The number of aliphatic hydroxyl groups excluding tert-OH is 1. The lowest BCUT2D eigenvalue weighted by molar-refractivity contribution is -0.120. The van der Waals surface area contributed by atoms with E-state index in [0.29, 0.717) is 13.2 Å². The number of likely N-dealkylation sites (tertiary alicyclic amines) is 1. The molecule has 1 fully saturated rings. The molecule has 2 unspecified atom stereocenters. The fourth-order valence-electron chi connectivity index (χ4n) is 2.67. The van der Waals surface area contributed by atoms with Crippen LogP contribution in [-0.4, -0.2) is 54.3 Å². The van der Waals surface area contributed by atoms with Crippen molar-refractivity contribution in [1.82, 2.24) is 10.2 Å². The molecule has 1 amide bonds. The van der Waals surface area contributed by atoms with E-state index < -0.39 is 6.10 Å². The second-order valence-corrected chi connectivity index (χ2v) is 5.55. The van der Waals surface area contributed by atoms with Crippen molar-refractivity contribution in [3.8, 4) is 0 Å². The Bertz CT molecular complexity index is 421. The van der Waals surface area contributed by atoms with Gasteiger partial charge in [0.25, 0.3) is 0 Å². The van der Waals surface area contributed by atoms with Gasteiger partial charge in [0.2, 0.25) is 5.91 Å². The summed E-state index contributed by atoms with van der Waals surface area (Å²) < 4.78 is 10.6. The van der Waals surface area contributed by atoms with E-state index in [9.17, 15) is 9.90 Å². The first-order valence-electron chi connectivity index (χ1n) is 7.41. The van der Waals surface area contributed by atoms with Gasteiger partial charge in [0.15, 0.2) is 0 Å². The van der Waals surface area contributed by atoms with Crippen molar-refractivity contribution in [2.75, 3.05) is 26.2 Å². The van der Waals surface area contributed by atoms with Crippen molar-refractivity contribution in [1.29, 1.82) is 0 Å². The van der Waals surface area contributed by atoms with Gasteiger partial charge in [0.1, 0.15) is 12.4 Å². The third-order valence-corrected chi connectivity index (χ3v) is 3.52. The van der Waals surface area contributed by atoms with Crippen LogP contribution in [0.4, 0.5) is 0 Å². The predicted molar refractivity (Wildman–Crippen MR) is 77.6 cm³/mol. The first-order valence-corrected chi connectivity index (χ1v) is 7.41. The Balaban J connectivity index is 1.64. The number of furan rings is 1. The summed E-state index contributed by atoms with van der Waals surface area (Å²) in [6.07, 6.45) is 3.10. The summed E-state index contributed by atoms with van der Waals surface area (Å²) in [6, 6.07) is 3.84. The van der Waals surface area contributed by atoms with Crippen LogP contribution in [0.25, 0.3) is 0 Å². The Hall–Kier alpha value is -1.37. The van der Waals surface area contributed by atoms with E-state index in [0.717, 1.165) is 31.7 Å². The molecule has 1 saturated heterocycles. The van der Waals surface area contributed by atoms with E-state index in [2.05, 4.69) is 10.2 Å². The van der Waals surface area contributed by atoms with Crippen LogP contribution in [-0.2, 0) is 16.1 Å². The Kier molecular flexibility index (Phi) is 6.22. The molecule has 2 rings (SSSR count). The van der Waals surface area contributed by atoms with Crippen molar-refractivity contribution in [3.05, 3.63) is 24.2 Å². The maximum Gasteiger partial charge on any atom is 0.217 e. The van der Waals surface area contributed by atoms with Gasteiger partial charge in [-0.05, 0) is 31.5 Å². The SMILES string of the molecule is CC(=O)NC1CCCN(CC(O)COCc2ccco2)C1. The molecule has 21 heavy (non-hydrogen) atoms. The number of carbonyl (C=O) groups is 1. The summed E-state index contributed by atoms with van der Waals surface area (Å²) >= 11 is 0. The molecule has 6 heteroatoms. The lowest BCUT2D eigenvalue weighted by Crippen LogP contribution is -2.49. The van der Waals surface area contributed by atoms with E-state index in [1.165, 1.54) is 6.92 Å². The number of aliphatic hydroxyl groups is 1. The van der Waals surface area contributed by atoms with Gasteiger partial charge < -0.3 is 19.6 Å². The Labute approximate surface area is 125 Å². The second kappa shape index (κ2) is 8.17. The van der Waals surface area contributed by atoms with Gasteiger partial charge in [-0.25, -0.2) is 0 Å². The number of hydrogen-bond acceptors (Lipinski definition) is 5. The summed E-state index contributed by atoms with van der Waals surface area (Å²) in [6.45, 7) is 4.49. The zero-order chi connectivity index (χ0) is 15.1. The average molecular weight is 296 g/mol. The Morgan fingerprint density at radius 1 is 1.67 bits per heavy atom. The van der Waals surface area contributed by atoms with Crippen molar-refractivity contribution in [2.24, 2.45) is 0 Å². The highest BCUT2D eigenvalue weighted by atomic mass is 16.5. The highest BCUT2D eigenvalue weighted by molar-refractivity contribution is 5.73. The molecule has 1 aromatic heterocycles. The normalized spacial score (nSPS) is 21.1. The van der Waals surface area contributed by atoms with Gasteiger partial charge in [0.05, 0.1) is 19.0 Å². The molecule has 1 aromatic rings. The van der Waals surface area contributed by atoms with Crippen LogP contribution in [0.1, 0.15) is 25.5 Å². The molecule has 0 radical (unpaired) electrons. The van der Waals surface area contributed by atoms with Crippen LogP contribution in [0.3, 0.4) is 0 Å². The predicted octanol–water partition coefficient (Wildman–Crippen LogP) is 0.758. The maximum atomic E-state index is 11.1. The minimum atomic E-state index is -0.531. The van der Waals surface area contributed by atoms with Crippen molar-refractivity contribution in [2.45, 2.75) is 38.5 Å². The zero-order valence-electron chi connectivity index (χ0n) is 12.5. The van der Waals surface area contributed by atoms with Gasteiger partial charge >= 0.3 is 0 Å². The summed E-state index contributed by atoms with van der Waals surface area (Å²) in [7, 11) is 0. The van der Waals surface area contributed by atoms with Crippen LogP contribution in [0.5, 0.6) is 0 Å². The van der Waals surface area contributed by atoms with Gasteiger partial charge in [-0.3, -0.25) is 9.69 Å². The number of nitrogens with zero attached hydrogens (tertiary/aromatic N) is 1. The van der Waals surface area contributed by atoms with Gasteiger partial charge in [-0.2, -0.15) is 0 Å². The number of hydrogen-bond donors (Lipinski definition) is 2. The topological polar surface area (TPSA) is 74.9 Å². The van der Waals surface area contributed by atoms with Gasteiger partial charge in [-0.15, -0.1) is 0 Å². The summed E-state index contributed by atoms with van der Waals surface area (Å²) in [4.78, 5) is 13.3. The quantitative estimate of drug-likeness (QED) is 0.777. The largest absolute Gasteiger partial charge is 0.467 e. The van der Waals surface area contributed by atoms with E-state index in [-0.39, 0.29) is 18.6 Å². The lowest BCUT2D eigenvalue weighted by Gasteiger charge is -2.34. The molecule has 0 aromatic carbocycles. The molecule has 1 aliphatic heterocycles. The van der Waals surface area contributed by atoms with Crippen LogP contribution < -0.4 is 5.32 Å². The zero-order valence-corrected chi connectivity index (χ0v) is 12.5. The number of rotatable bonds is 7. The van der Waals surface area contributed by atoms with Crippen molar-refractivity contribution >= 4 is 5.91 Å². The third-order valence-electron chi connectivity index (χ3n) is 3.52. The van der Waals surface area contributed by atoms with Crippen LogP contribution in [0.15, 0.2) is 22.8 Å². The molecule has 6 nitrogen and oxygen atoms in total. The van der Waals surface area contributed by atoms with E-state index in [1.54, 1.807) is 6.26 Å². The average Bonchev–Trinajstić information content (AvgIpc) is 2.91. The van der Waals surface area contributed by atoms with E-state index in [4.69, 9.17) is 9.15 Å². The van der Waals surface area contributed by atoms with Crippen molar-refractivity contribution < 1.29 is 19.1 Å². The minimum Gasteiger partial charge on any atom is -0.467 e. The number of piperidine rings is 1. The monoisotopic (exact) mass is 296 g/mol. The molecule has 0 aliphatic carbocycles. The van der Waals surface area contributed by atoms with Crippen molar-refractivity contribution in [3.63, 3.8) is 0 Å². The Morgan fingerprint density at radius 2 is 2.52 bits per heavy atom. The third kappa shape index (κ3) is 5.87. The van der Waals surface area contributed by atoms with Crippen LogP contribution in [0, 0.1) is 0 Å². The standard InChI is InChI=1S/C15H24N2O4/c1-12(18)16-13-4-2-6-17(8-13)9-14(19)10-20-11-15-5-3-7-21-15/h3,5,7,13-14,19H,2,4,6,8-11H2,1H3,(H,16,18). The number of β-amino-alcohol motifs (C(OH)–C–C–N with tert-alkyl or cyclic N) is 1. The fraction of sp³-hybridized carbons (Fsp3) is 0.667. The first kappa shape index (κ1) is 16.0. The molecule has 0 spiro atoms. The number of amides is 1. The first-order chi connectivity index (χ1) is 10.1. The lowest BCUT2D eigenvalue weighted by atomic mass is 10.1. The number of ether oxygens (including phenoxy) is 1. The molecule has 0 bridgehead atoms. The minimum absolute atomic E-state index is 0.00387. The van der Waals surface area contributed by atoms with E-state index >= 15 is 0 Å². The summed E-state index contributed by atoms with van der Waals surface area (Å²) in [5.41, 5.74) is 0. The van der Waals surface area contributed by atoms with Gasteiger partial charge in [-0.1, -0.05) is 0 Å². The second-order valence-electron chi connectivity index (χ2n) is 5.55. The van der Waals surface area contributed by atoms with Gasteiger partial charge in [0, 0.05) is 26.1 Å². The highest BCUT2D eigenvalue weighted by Crippen LogP contribution is 2.11. The van der Waals surface area contributed by atoms with Crippen LogP contribution in [0.2, 0.25) is 0 Å². The molecular weight excluding hydrogens is 272 g/mol. The smallest absolute Gasteiger partial charge is 0.217 e. The molecule has 2 heterocycles. The number of carbonyl (C=O) groups excluding carboxylic acids is 1. The molecule has 2 N–H and O–H groups in total. The molecule has 118 valence electrons. The maximum absolute atomic E-state index is 11.1. The molecule has 0 saturated carbocycles. The van der Waals surface area contributed by atoms with E-state index in [1.807, 2.05) is 12.1 Å². The van der Waals surface area contributed by atoms with Crippen LogP contribution >= 0.6 is 0 Å². The summed E-state index contributed by atoms with van der Waals surface area (Å²) in [5, 5.41) is 13.0. The molecule has 1 aliphatic rings. The summed E-state index contributed by atoms with van der Waals surface area (Å²) in [5.74, 6) is 0.759. The highest BCUT2D eigenvalue weighted by Gasteiger charge is 2.22. The molecule has 2 atom stereocenters. The number of nitrogens with one attached hydrogen (secondary N) is 1. The fourth-order valence-corrected chi connectivity index (χ4v) is 2.67. The Morgan fingerprint density at radius 3 is 3.24 bits per heavy atom. The molecular formula is C15H24N2O4.